The maximum Gasteiger partial charge on any atom is 0.0720 e. The molecule has 2 fully saturated rings. The monoisotopic (exact) mass is 270 g/mol. The molecule has 1 aliphatic carbocycles. The summed E-state index contributed by atoms with van der Waals surface area (Å²) in [5, 5.41) is 10.4. The van der Waals surface area contributed by atoms with E-state index in [0.717, 1.165) is 19.6 Å². The highest BCUT2D eigenvalue weighted by Crippen LogP contribution is 2.31. The van der Waals surface area contributed by atoms with Gasteiger partial charge in [-0.2, -0.15) is 0 Å². The topological polar surface area (TPSA) is 114 Å². The van der Waals surface area contributed by atoms with Crippen molar-refractivity contribution in [1.82, 2.24) is 16.0 Å². The first-order valence-corrected chi connectivity index (χ1v) is 7.65. The van der Waals surface area contributed by atoms with Crippen LogP contribution in [0.5, 0.6) is 0 Å². The van der Waals surface area contributed by atoms with Crippen molar-refractivity contribution in [3.8, 4) is 0 Å². The van der Waals surface area contributed by atoms with Gasteiger partial charge in [-0.3, -0.25) is 5.32 Å². The van der Waals surface area contributed by atoms with Gasteiger partial charge in [-0.25, -0.2) is 0 Å². The van der Waals surface area contributed by atoms with Crippen LogP contribution in [-0.2, 0) is 0 Å². The Hall–Kier alpha value is -0.240. The molecule has 2 rings (SSSR count). The third kappa shape index (κ3) is 3.87. The second-order valence-corrected chi connectivity index (χ2v) is 5.84. The number of hydrogen-bond acceptors (Lipinski definition) is 6. The zero-order chi connectivity index (χ0) is 13.7. The summed E-state index contributed by atoms with van der Waals surface area (Å²) in [6, 6.07) is 0.869. The molecule has 2 aliphatic rings. The molecule has 0 spiro atoms. The Balaban J connectivity index is 1.83. The molecule has 5 unspecified atom stereocenters. The van der Waals surface area contributed by atoms with E-state index in [1.165, 1.54) is 25.7 Å². The molecule has 1 saturated carbocycles. The lowest BCUT2D eigenvalue weighted by Gasteiger charge is -2.48. The lowest BCUT2D eigenvalue weighted by Crippen LogP contribution is -2.72. The van der Waals surface area contributed by atoms with Gasteiger partial charge in [0.25, 0.3) is 0 Å². The van der Waals surface area contributed by atoms with Gasteiger partial charge in [-0.1, -0.05) is 12.8 Å². The smallest absolute Gasteiger partial charge is 0.0720 e. The molecule has 0 aromatic carbocycles. The van der Waals surface area contributed by atoms with Crippen molar-refractivity contribution in [2.75, 3.05) is 26.2 Å². The molecule has 1 heterocycles. The van der Waals surface area contributed by atoms with Gasteiger partial charge in [0.15, 0.2) is 0 Å². The molecule has 112 valence electrons. The van der Waals surface area contributed by atoms with E-state index in [9.17, 15) is 0 Å². The van der Waals surface area contributed by atoms with Crippen LogP contribution in [0.15, 0.2) is 0 Å². The molecular formula is C13H30N6. The van der Waals surface area contributed by atoms with Crippen molar-refractivity contribution < 1.29 is 0 Å². The van der Waals surface area contributed by atoms with Crippen molar-refractivity contribution in [2.45, 2.75) is 50.0 Å². The third-order valence-corrected chi connectivity index (χ3v) is 4.52. The van der Waals surface area contributed by atoms with Crippen molar-refractivity contribution >= 4 is 0 Å². The highest BCUT2D eigenvalue weighted by Gasteiger charge is 2.41. The van der Waals surface area contributed by atoms with Crippen molar-refractivity contribution in [3.63, 3.8) is 0 Å². The molecular weight excluding hydrogens is 240 g/mol. The summed E-state index contributed by atoms with van der Waals surface area (Å²) >= 11 is 0. The third-order valence-electron chi connectivity index (χ3n) is 4.52. The lowest BCUT2D eigenvalue weighted by atomic mass is 9.74. The van der Waals surface area contributed by atoms with Gasteiger partial charge in [0.2, 0.25) is 0 Å². The molecule has 6 heteroatoms. The Morgan fingerprint density at radius 1 is 1.05 bits per heavy atom. The van der Waals surface area contributed by atoms with Crippen LogP contribution in [0, 0.1) is 5.92 Å². The second-order valence-electron chi connectivity index (χ2n) is 5.84. The fourth-order valence-electron chi connectivity index (χ4n) is 3.51. The fourth-order valence-corrected chi connectivity index (χ4v) is 3.51. The average molecular weight is 270 g/mol. The molecule has 0 aromatic heterocycles. The van der Waals surface area contributed by atoms with Gasteiger partial charge >= 0.3 is 0 Å². The minimum absolute atomic E-state index is 0.00569. The van der Waals surface area contributed by atoms with Crippen LogP contribution in [0.2, 0.25) is 0 Å². The van der Waals surface area contributed by atoms with Gasteiger partial charge < -0.3 is 27.8 Å². The van der Waals surface area contributed by atoms with Crippen molar-refractivity contribution in [1.29, 1.82) is 0 Å². The van der Waals surface area contributed by atoms with E-state index >= 15 is 0 Å². The lowest BCUT2D eigenvalue weighted by molar-refractivity contribution is 0.113. The first-order valence-electron chi connectivity index (χ1n) is 7.65. The quantitative estimate of drug-likeness (QED) is 0.320. The molecule has 1 aliphatic heterocycles. The van der Waals surface area contributed by atoms with E-state index in [1.54, 1.807) is 0 Å². The summed E-state index contributed by atoms with van der Waals surface area (Å²) in [4.78, 5) is 0. The summed E-state index contributed by atoms with van der Waals surface area (Å²) in [5.41, 5.74) is 17.9. The molecule has 0 bridgehead atoms. The van der Waals surface area contributed by atoms with Crippen LogP contribution in [-0.4, -0.2) is 50.5 Å². The maximum atomic E-state index is 6.28. The largest absolute Gasteiger partial charge is 0.329 e. The molecule has 6 nitrogen and oxygen atoms in total. The van der Waals surface area contributed by atoms with E-state index in [1.807, 2.05) is 0 Å². The molecule has 19 heavy (non-hydrogen) atoms. The molecule has 0 radical (unpaired) electrons. The maximum absolute atomic E-state index is 6.28. The van der Waals surface area contributed by atoms with E-state index in [4.69, 9.17) is 17.2 Å². The predicted octanol–water partition coefficient (Wildman–Crippen LogP) is -1.73. The van der Waals surface area contributed by atoms with Gasteiger partial charge in [0, 0.05) is 44.3 Å². The SMILES string of the molecule is NCCNCCNC1C(N)C(N)NC2CCCCC21. The van der Waals surface area contributed by atoms with Crippen LogP contribution in [0.3, 0.4) is 0 Å². The Morgan fingerprint density at radius 3 is 2.63 bits per heavy atom. The zero-order valence-corrected chi connectivity index (χ0v) is 11.8. The Bertz CT molecular complexity index is 262. The number of rotatable bonds is 6. The van der Waals surface area contributed by atoms with E-state index in [2.05, 4.69) is 16.0 Å². The Morgan fingerprint density at radius 2 is 1.84 bits per heavy atom. The summed E-state index contributed by atoms with van der Waals surface area (Å²) in [7, 11) is 0. The number of nitrogens with one attached hydrogen (secondary N) is 3. The number of piperidine rings is 1. The van der Waals surface area contributed by atoms with E-state index in [0.29, 0.717) is 24.5 Å². The first kappa shape index (κ1) is 15.2. The standard InChI is InChI=1S/C13H30N6/c14-5-6-17-7-8-18-12-9-3-1-2-4-10(9)19-13(16)11(12)15/h9-13,17-19H,1-8,14-16H2. The molecule has 5 atom stereocenters. The highest BCUT2D eigenvalue weighted by atomic mass is 15.2. The van der Waals surface area contributed by atoms with Gasteiger partial charge in [0.1, 0.15) is 0 Å². The minimum atomic E-state index is -0.0890. The fraction of sp³-hybridized carbons (Fsp3) is 1.00. The minimum Gasteiger partial charge on any atom is -0.329 e. The van der Waals surface area contributed by atoms with Gasteiger partial charge in [-0.05, 0) is 18.8 Å². The number of fused-ring (bicyclic) bond motifs is 1. The van der Waals surface area contributed by atoms with E-state index in [-0.39, 0.29) is 12.2 Å². The summed E-state index contributed by atoms with van der Waals surface area (Å²) in [5.74, 6) is 0.623. The molecule has 0 amide bonds. The average Bonchev–Trinajstić information content (AvgIpc) is 2.42. The van der Waals surface area contributed by atoms with E-state index < -0.39 is 0 Å². The van der Waals surface area contributed by atoms with Crippen LogP contribution >= 0.6 is 0 Å². The molecule has 1 saturated heterocycles. The Kier molecular flexibility index (Phi) is 6.00. The second kappa shape index (κ2) is 7.52. The highest BCUT2D eigenvalue weighted by molar-refractivity contribution is 5.02. The van der Waals surface area contributed by atoms with Crippen LogP contribution in [0.4, 0.5) is 0 Å². The van der Waals surface area contributed by atoms with Crippen molar-refractivity contribution in [2.24, 2.45) is 23.1 Å². The zero-order valence-electron chi connectivity index (χ0n) is 11.8. The summed E-state index contributed by atoms with van der Waals surface area (Å²) < 4.78 is 0. The van der Waals surface area contributed by atoms with Crippen LogP contribution in [0.1, 0.15) is 25.7 Å². The van der Waals surface area contributed by atoms with Gasteiger partial charge in [-0.15, -0.1) is 0 Å². The molecule has 9 N–H and O–H groups in total. The van der Waals surface area contributed by atoms with Crippen molar-refractivity contribution in [3.05, 3.63) is 0 Å². The molecule has 0 aromatic rings. The summed E-state index contributed by atoms with van der Waals surface area (Å²) in [6.45, 7) is 3.41. The first-order chi connectivity index (χ1) is 9.24. The Labute approximate surface area is 116 Å². The van der Waals surface area contributed by atoms with Gasteiger partial charge in [0.05, 0.1) is 6.17 Å². The predicted molar refractivity (Wildman–Crippen MR) is 78.5 cm³/mol. The van der Waals surface area contributed by atoms with Crippen LogP contribution in [0.25, 0.3) is 0 Å². The normalized spacial score (nSPS) is 39.0. The summed E-state index contributed by atoms with van der Waals surface area (Å²) in [6.07, 6.45) is 5.02. The van der Waals surface area contributed by atoms with Crippen LogP contribution < -0.4 is 33.2 Å². The number of nitrogens with two attached hydrogens (primary N) is 3. The number of hydrogen-bond donors (Lipinski definition) is 6.